The van der Waals surface area contributed by atoms with Crippen LogP contribution < -0.4 is 5.56 Å². The van der Waals surface area contributed by atoms with E-state index < -0.39 is 0 Å². The molecule has 1 aromatic heterocycles. The van der Waals surface area contributed by atoms with Crippen molar-refractivity contribution in [2.24, 2.45) is 0 Å². The lowest BCUT2D eigenvalue weighted by Gasteiger charge is -2.28. The van der Waals surface area contributed by atoms with Crippen LogP contribution in [0.3, 0.4) is 0 Å². The molecule has 0 radical (unpaired) electrons. The Hall–Kier alpha value is -1.83. The van der Waals surface area contributed by atoms with E-state index in [1.165, 1.54) is 19.3 Å². The van der Waals surface area contributed by atoms with E-state index >= 15 is 0 Å². The van der Waals surface area contributed by atoms with Crippen molar-refractivity contribution in [3.8, 4) is 5.69 Å². The minimum atomic E-state index is 0.0700. The average molecular weight is 225 g/mol. The smallest absolute Gasteiger partial charge is 0.255 e. The van der Waals surface area contributed by atoms with Crippen LogP contribution in [0, 0.1) is 0 Å². The number of benzene rings is 1. The van der Waals surface area contributed by atoms with Gasteiger partial charge in [0.2, 0.25) is 0 Å². The topological polar surface area (TPSA) is 22.0 Å². The normalized spacial score (nSPS) is 15.5. The maximum atomic E-state index is 12.0. The first-order chi connectivity index (χ1) is 8.36. The lowest BCUT2D eigenvalue weighted by molar-refractivity contribution is 0.404. The van der Waals surface area contributed by atoms with Crippen molar-refractivity contribution in [2.45, 2.75) is 25.2 Å². The van der Waals surface area contributed by atoms with E-state index in [1.54, 1.807) is 6.07 Å². The van der Waals surface area contributed by atoms with Gasteiger partial charge in [0, 0.05) is 17.4 Å². The molecule has 0 atom stereocenters. The lowest BCUT2D eigenvalue weighted by Crippen LogP contribution is -2.24. The zero-order chi connectivity index (χ0) is 11.7. The van der Waals surface area contributed by atoms with Crippen molar-refractivity contribution in [2.75, 3.05) is 0 Å². The summed E-state index contributed by atoms with van der Waals surface area (Å²) in [4.78, 5) is 12.0. The van der Waals surface area contributed by atoms with Crippen LogP contribution in [0.1, 0.15) is 30.9 Å². The number of pyridine rings is 1. The van der Waals surface area contributed by atoms with E-state index in [0.717, 1.165) is 11.4 Å². The minimum absolute atomic E-state index is 0.0700. The lowest BCUT2D eigenvalue weighted by atomic mass is 9.82. The molecule has 0 unspecified atom stereocenters. The Bertz CT molecular complexity index is 567. The Balaban J connectivity index is 2.17. The van der Waals surface area contributed by atoms with E-state index in [1.807, 2.05) is 41.0 Å². The zero-order valence-corrected chi connectivity index (χ0v) is 9.67. The molecule has 0 spiro atoms. The number of para-hydroxylation sites is 1. The van der Waals surface area contributed by atoms with Crippen molar-refractivity contribution >= 4 is 0 Å². The van der Waals surface area contributed by atoms with Crippen molar-refractivity contribution < 1.29 is 0 Å². The summed E-state index contributed by atoms with van der Waals surface area (Å²) in [6.07, 6.45) is 3.69. The quantitative estimate of drug-likeness (QED) is 0.769. The second kappa shape index (κ2) is 4.21. The summed E-state index contributed by atoms with van der Waals surface area (Å²) in [6, 6.07) is 15.5. The monoisotopic (exact) mass is 225 g/mol. The number of nitrogens with zero attached hydrogens (tertiary/aromatic N) is 1. The number of rotatable bonds is 2. The molecule has 2 nitrogen and oxygen atoms in total. The predicted molar refractivity (Wildman–Crippen MR) is 68.6 cm³/mol. The summed E-state index contributed by atoms with van der Waals surface area (Å²) in [5, 5.41) is 0. The maximum absolute atomic E-state index is 12.0. The van der Waals surface area contributed by atoms with Crippen LogP contribution in [0.25, 0.3) is 5.69 Å². The number of hydrogen-bond acceptors (Lipinski definition) is 1. The number of hydrogen-bond donors (Lipinski definition) is 0. The molecule has 1 aromatic carbocycles. The molecule has 0 saturated heterocycles. The van der Waals surface area contributed by atoms with E-state index in [2.05, 4.69) is 6.07 Å². The first-order valence-corrected chi connectivity index (χ1v) is 6.13. The highest BCUT2D eigenvalue weighted by Gasteiger charge is 2.22. The molecule has 1 aliphatic carbocycles. The van der Waals surface area contributed by atoms with Gasteiger partial charge >= 0.3 is 0 Å². The highest BCUT2D eigenvalue weighted by molar-refractivity contribution is 5.35. The van der Waals surface area contributed by atoms with Gasteiger partial charge in [-0.05, 0) is 37.0 Å². The van der Waals surface area contributed by atoms with Crippen LogP contribution in [0.4, 0.5) is 0 Å². The van der Waals surface area contributed by atoms with Crippen molar-refractivity contribution in [1.29, 1.82) is 0 Å². The van der Waals surface area contributed by atoms with Crippen LogP contribution in [0.2, 0.25) is 0 Å². The fourth-order valence-corrected chi connectivity index (χ4v) is 2.38. The Morgan fingerprint density at radius 3 is 2.35 bits per heavy atom. The Labute approximate surface area is 101 Å². The fraction of sp³-hybridized carbons (Fsp3) is 0.267. The van der Waals surface area contributed by atoms with Crippen LogP contribution in [0.5, 0.6) is 0 Å². The second-order valence-electron chi connectivity index (χ2n) is 4.59. The first-order valence-electron chi connectivity index (χ1n) is 6.13. The molecule has 2 heteroatoms. The minimum Gasteiger partial charge on any atom is -0.281 e. The molecule has 1 saturated carbocycles. The van der Waals surface area contributed by atoms with Gasteiger partial charge in [-0.25, -0.2) is 0 Å². The molecule has 86 valence electrons. The Morgan fingerprint density at radius 2 is 1.71 bits per heavy atom. The van der Waals surface area contributed by atoms with Gasteiger partial charge in [-0.15, -0.1) is 0 Å². The Kier molecular flexibility index (Phi) is 2.56. The van der Waals surface area contributed by atoms with E-state index in [9.17, 15) is 4.79 Å². The van der Waals surface area contributed by atoms with Crippen molar-refractivity contribution in [1.82, 2.24) is 4.57 Å². The molecule has 17 heavy (non-hydrogen) atoms. The van der Waals surface area contributed by atoms with Crippen LogP contribution in [-0.4, -0.2) is 4.57 Å². The fourth-order valence-electron chi connectivity index (χ4n) is 2.38. The molecule has 1 heterocycles. The molecule has 3 rings (SSSR count). The van der Waals surface area contributed by atoms with Gasteiger partial charge < -0.3 is 0 Å². The molecule has 1 aliphatic rings. The molecule has 2 aromatic rings. The molecule has 0 amide bonds. The molecule has 0 bridgehead atoms. The van der Waals surface area contributed by atoms with Gasteiger partial charge in [-0.3, -0.25) is 9.36 Å². The SMILES string of the molecule is O=c1cccc(C2CCC2)n1-c1ccccc1. The highest BCUT2D eigenvalue weighted by atomic mass is 16.1. The second-order valence-corrected chi connectivity index (χ2v) is 4.59. The summed E-state index contributed by atoms with van der Waals surface area (Å²) < 4.78 is 1.85. The maximum Gasteiger partial charge on any atom is 0.255 e. The Morgan fingerprint density at radius 1 is 0.941 bits per heavy atom. The zero-order valence-electron chi connectivity index (χ0n) is 9.67. The van der Waals surface area contributed by atoms with Crippen molar-refractivity contribution in [3.05, 3.63) is 64.6 Å². The number of aromatic nitrogens is 1. The van der Waals surface area contributed by atoms with Gasteiger partial charge in [0.15, 0.2) is 0 Å². The summed E-state index contributed by atoms with van der Waals surface area (Å²) >= 11 is 0. The average Bonchev–Trinajstić information content (AvgIpc) is 2.28. The third-order valence-corrected chi connectivity index (χ3v) is 3.52. The molecular weight excluding hydrogens is 210 g/mol. The standard InChI is InChI=1S/C15H15NO/c17-15-11-5-10-14(12-6-4-7-12)16(15)13-8-2-1-3-9-13/h1-3,5,8-12H,4,6-7H2. The van der Waals surface area contributed by atoms with Gasteiger partial charge in [0.05, 0.1) is 0 Å². The van der Waals surface area contributed by atoms with E-state index in [-0.39, 0.29) is 5.56 Å². The molecule has 0 N–H and O–H groups in total. The van der Waals surface area contributed by atoms with E-state index in [0.29, 0.717) is 5.92 Å². The molecular formula is C15H15NO. The van der Waals surface area contributed by atoms with Crippen LogP contribution in [-0.2, 0) is 0 Å². The highest BCUT2D eigenvalue weighted by Crippen LogP contribution is 2.36. The summed E-state index contributed by atoms with van der Waals surface area (Å²) in [5.41, 5.74) is 2.20. The molecule has 1 fully saturated rings. The third-order valence-electron chi connectivity index (χ3n) is 3.52. The van der Waals surface area contributed by atoms with Crippen molar-refractivity contribution in [3.63, 3.8) is 0 Å². The van der Waals surface area contributed by atoms with Crippen LogP contribution >= 0.6 is 0 Å². The van der Waals surface area contributed by atoms with Gasteiger partial charge in [0.1, 0.15) is 0 Å². The largest absolute Gasteiger partial charge is 0.281 e. The van der Waals surface area contributed by atoms with Gasteiger partial charge in [-0.1, -0.05) is 30.7 Å². The summed E-state index contributed by atoms with van der Waals surface area (Å²) in [5.74, 6) is 0.559. The summed E-state index contributed by atoms with van der Waals surface area (Å²) in [7, 11) is 0. The summed E-state index contributed by atoms with van der Waals surface area (Å²) in [6.45, 7) is 0. The predicted octanol–water partition coefficient (Wildman–Crippen LogP) is 3.11. The van der Waals surface area contributed by atoms with Gasteiger partial charge in [-0.2, -0.15) is 0 Å². The third kappa shape index (κ3) is 1.80. The van der Waals surface area contributed by atoms with E-state index in [4.69, 9.17) is 0 Å². The van der Waals surface area contributed by atoms with Gasteiger partial charge in [0.25, 0.3) is 5.56 Å². The first kappa shape index (κ1) is 10.3. The molecule has 0 aliphatic heterocycles. The van der Waals surface area contributed by atoms with Crippen LogP contribution in [0.15, 0.2) is 53.3 Å².